The molecule has 1 saturated heterocycles. The highest BCUT2D eigenvalue weighted by molar-refractivity contribution is 9.10. The Balaban J connectivity index is 2.18. The molecule has 0 aromatic heterocycles. The summed E-state index contributed by atoms with van der Waals surface area (Å²) in [6.07, 6.45) is 1.89. The van der Waals surface area contributed by atoms with Crippen molar-refractivity contribution in [3.8, 4) is 0 Å². The molecule has 1 aromatic rings. The van der Waals surface area contributed by atoms with Gasteiger partial charge in [0.15, 0.2) is 0 Å². The first-order valence-electron chi connectivity index (χ1n) is 5.22. The largest absolute Gasteiger partial charge is 0.381 e. The molecule has 0 N–H and O–H groups in total. The fraction of sp³-hybridized carbons (Fsp3) is 0.500. The van der Waals surface area contributed by atoms with Gasteiger partial charge in [0.25, 0.3) is 0 Å². The van der Waals surface area contributed by atoms with Crippen LogP contribution in [-0.4, -0.2) is 18.5 Å². The number of rotatable bonds is 3. The van der Waals surface area contributed by atoms with E-state index in [1.54, 1.807) is 6.07 Å². The van der Waals surface area contributed by atoms with Crippen LogP contribution in [0.5, 0.6) is 0 Å². The van der Waals surface area contributed by atoms with E-state index in [0.717, 1.165) is 41.4 Å². The van der Waals surface area contributed by atoms with Gasteiger partial charge < -0.3 is 4.74 Å². The van der Waals surface area contributed by atoms with Crippen molar-refractivity contribution in [1.29, 1.82) is 0 Å². The second-order valence-electron chi connectivity index (χ2n) is 4.39. The number of ether oxygens (including phenoxy) is 1. The first-order valence-corrected chi connectivity index (χ1v) is 7.14. The summed E-state index contributed by atoms with van der Waals surface area (Å²) >= 11 is 6.86. The van der Waals surface area contributed by atoms with Crippen molar-refractivity contribution in [3.05, 3.63) is 34.1 Å². The third-order valence-corrected chi connectivity index (χ3v) is 4.62. The molecule has 0 aliphatic carbocycles. The SMILES string of the molecule is Fc1cc(Br)cc(CC2(CBr)CCOC2)c1. The lowest BCUT2D eigenvalue weighted by Gasteiger charge is -2.24. The molecule has 1 aliphatic rings. The van der Waals surface area contributed by atoms with Crippen LogP contribution in [0.1, 0.15) is 12.0 Å². The van der Waals surface area contributed by atoms with Crippen LogP contribution in [0.4, 0.5) is 4.39 Å². The predicted molar refractivity (Wildman–Crippen MR) is 69.5 cm³/mol. The molecule has 0 saturated carbocycles. The first-order chi connectivity index (χ1) is 7.63. The molecule has 1 aliphatic heterocycles. The molecule has 1 nitrogen and oxygen atoms in total. The zero-order chi connectivity index (χ0) is 11.6. The van der Waals surface area contributed by atoms with Gasteiger partial charge in [0, 0.05) is 21.8 Å². The predicted octanol–water partition coefficient (Wildman–Crippen LogP) is 3.93. The van der Waals surface area contributed by atoms with Crippen molar-refractivity contribution < 1.29 is 9.13 Å². The zero-order valence-electron chi connectivity index (χ0n) is 8.81. The summed E-state index contributed by atoms with van der Waals surface area (Å²) in [5.74, 6) is -0.187. The fourth-order valence-electron chi connectivity index (χ4n) is 2.09. The van der Waals surface area contributed by atoms with E-state index in [1.165, 1.54) is 6.07 Å². The second-order valence-corrected chi connectivity index (χ2v) is 5.87. The van der Waals surface area contributed by atoms with Crippen molar-refractivity contribution in [1.82, 2.24) is 0 Å². The van der Waals surface area contributed by atoms with Gasteiger partial charge in [-0.3, -0.25) is 0 Å². The van der Waals surface area contributed by atoms with Gasteiger partial charge in [-0.2, -0.15) is 0 Å². The van der Waals surface area contributed by atoms with E-state index >= 15 is 0 Å². The van der Waals surface area contributed by atoms with Crippen LogP contribution < -0.4 is 0 Å². The summed E-state index contributed by atoms with van der Waals surface area (Å²) in [7, 11) is 0. The Labute approximate surface area is 112 Å². The number of alkyl halides is 1. The normalized spacial score (nSPS) is 24.9. The van der Waals surface area contributed by atoms with Gasteiger partial charge in [-0.25, -0.2) is 4.39 Å². The zero-order valence-corrected chi connectivity index (χ0v) is 12.0. The van der Waals surface area contributed by atoms with E-state index in [4.69, 9.17) is 4.74 Å². The van der Waals surface area contributed by atoms with E-state index < -0.39 is 0 Å². The summed E-state index contributed by atoms with van der Waals surface area (Å²) in [6.45, 7) is 1.56. The standard InChI is InChI=1S/C12H13Br2FO/c13-7-12(1-2-16-8-12)6-9-3-10(14)5-11(15)4-9/h3-5H,1-2,6-8H2. The minimum Gasteiger partial charge on any atom is -0.381 e. The smallest absolute Gasteiger partial charge is 0.124 e. The molecular weight excluding hydrogens is 339 g/mol. The molecular formula is C12H13Br2FO. The van der Waals surface area contributed by atoms with Gasteiger partial charge in [-0.15, -0.1) is 0 Å². The number of benzene rings is 1. The molecule has 1 aromatic carbocycles. The summed E-state index contributed by atoms with van der Waals surface area (Å²) < 4.78 is 19.5. The molecule has 1 unspecified atom stereocenters. The third-order valence-electron chi connectivity index (χ3n) is 2.97. The highest BCUT2D eigenvalue weighted by atomic mass is 79.9. The third kappa shape index (κ3) is 2.84. The van der Waals surface area contributed by atoms with E-state index in [1.807, 2.05) is 6.07 Å². The minimum atomic E-state index is -0.187. The van der Waals surface area contributed by atoms with Gasteiger partial charge in [-0.05, 0) is 36.6 Å². The summed E-state index contributed by atoms with van der Waals surface area (Å²) in [5.41, 5.74) is 1.16. The van der Waals surface area contributed by atoms with Gasteiger partial charge in [0.05, 0.1) is 6.61 Å². The highest BCUT2D eigenvalue weighted by Gasteiger charge is 2.34. The fourth-order valence-corrected chi connectivity index (χ4v) is 3.24. The average molecular weight is 352 g/mol. The first kappa shape index (κ1) is 12.5. The summed E-state index contributed by atoms with van der Waals surface area (Å²) in [6, 6.07) is 5.06. The minimum absolute atomic E-state index is 0.132. The summed E-state index contributed by atoms with van der Waals surface area (Å²) in [4.78, 5) is 0. The molecule has 16 heavy (non-hydrogen) atoms. The molecule has 4 heteroatoms. The number of halogens is 3. The van der Waals surface area contributed by atoms with Gasteiger partial charge in [-0.1, -0.05) is 31.9 Å². The quantitative estimate of drug-likeness (QED) is 0.749. The Morgan fingerprint density at radius 3 is 2.75 bits per heavy atom. The molecule has 1 heterocycles. The molecule has 1 atom stereocenters. The molecule has 0 spiro atoms. The van der Waals surface area contributed by atoms with E-state index in [0.29, 0.717) is 0 Å². The lowest BCUT2D eigenvalue weighted by atomic mass is 9.83. The van der Waals surface area contributed by atoms with E-state index in [2.05, 4.69) is 31.9 Å². The average Bonchev–Trinajstić information content (AvgIpc) is 2.65. The maximum atomic E-state index is 13.3. The van der Waals surface area contributed by atoms with Crippen molar-refractivity contribution in [2.75, 3.05) is 18.5 Å². The number of hydrogen-bond donors (Lipinski definition) is 0. The maximum absolute atomic E-state index is 13.3. The van der Waals surface area contributed by atoms with Crippen molar-refractivity contribution in [2.45, 2.75) is 12.8 Å². The summed E-state index contributed by atoms with van der Waals surface area (Å²) in [5, 5.41) is 0.897. The second kappa shape index (κ2) is 5.15. The Morgan fingerprint density at radius 1 is 1.38 bits per heavy atom. The molecule has 88 valence electrons. The Morgan fingerprint density at radius 2 is 2.19 bits per heavy atom. The van der Waals surface area contributed by atoms with Gasteiger partial charge in [0.2, 0.25) is 0 Å². The van der Waals surface area contributed by atoms with Crippen LogP contribution >= 0.6 is 31.9 Å². The van der Waals surface area contributed by atoms with Gasteiger partial charge in [0.1, 0.15) is 5.82 Å². The number of hydrogen-bond acceptors (Lipinski definition) is 1. The maximum Gasteiger partial charge on any atom is 0.124 e. The molecule has 0 radical (unpaired) electrons. The lowest BCUT2D eigenvalue weighted by molar-refractivity contribution is 0.162. The van der Waals surface area contributed by atoms with Crippen LogP contribution in [0, 0.1) is 11.2 Å². The van der Waals surface area contributed by atoms with Crippen LogP contribution in [0.25, 0.3) is 0 Å². The monoisotopic (exact) mass is 350 g/mol. The topological polar surface area (TPSA) is 9.23 Å². The Bertz CT molecular complexity index is 355. The highest BCUT2D eigenvalue weighted by Crippen LogP contribution is 2.35. The van der Waals surface area contributed by atoms with Crippen LogP contribution in [0.15, 0.2) is 22.7 Å². The van der Waals surface area contributed by atoms with Crippen molar-refractivity contribution >= 4 is 31.9 Å². The van der Waals surface area contributed by atoms with E-state index in [9.17, 15) is 4.39 Å². The van der Waals surface area contributed by atoms with Crippen LogP contribution in [-0.2, 0) is 11.2 Å². The van der Waals surface area contributed by atoms with Crippen molar-refractivity contribution in [2.24, 2.45) is 5.41 Å². The molecule has 1 fully saturated rings. The lowest BCUT2D eigenvalue weighted by Crippen LogP contribution is -2.25. The Kier molecular flexibility index (Phi) is 4.03. The molecule has 0 amide bonds. The molecule has 0 bridgehead atoms. The molecule has 2 rings (SSSR count). The van der Waals surface area contributed by atoms with Crippen LogP contribution in [0.2, 0.25) is 0 Å². The van der Waals surface area contributed by atoms with Crippen LogP contribution in [0.3, 0.4) is 0 Å². The Hall–Kier alpha value is 0.0700. The van der Waals surface area contributed by atoms with Gasteiger partial charge >= 0.3 is 0 Å². The van der Waals surface area contributed by atoms with Crippen molar-refractivity contribution in [3.63, 3.8) is 0 Å². The van der Waals surface area contributed by atoms with E-state index in [-0.39, 0.29) is 11.2 Å².